The lowest BCUT2D eigenvalue weighted by molar-refractivity contribution is -0.137. The van der Waals surface area contributed by atoms with E-state index in [9.17, 15) is 9.59 Å². The Morgan fingerprint density at radius 3 is 2.93 bits per heavy atom. The zero-order valence-electron chi connectivity index (χ0n) is 15.0. The van der Waals surface area contributed by atoms with Crippen LogP contribution in [0.2, 0.25) is 5.02 Å². The Bertz CT molecular complexity index is 957. The standard InChI is InChI=1S/C21H19ClN2O4/c22-15-6-2-1-4-13(15)11-24-12-21-8-7-16(28-21)17(18(21)20(24)26)19(25)23-10-14-5-3-9-27-14/h1-9,16-18H,10-12H2,(H,23,25). The highest BCUT2D eigenvalue weighted by molar-refractivity contribution is 6.31. The number of hydrogen-bond donors (Lipinski definition) is 1. The van der Waals surface area contributed by atoms with Crippen molar-refractivity contribution < 1.29 is 18.7 Å². The second-order valence-electron chi connectivity index (χ2n) is 7.48. The van der Waals surface area contributed by atoms with Gasteiger partial charge in [0, 0.05) is 11.6 Å². The molecule has 5 rings (SSSR count). The molecule has 28 heavy (non-hydrogen) atoms. The molecule has 7 heteroatoms. The summed E-state index contributed by atoms with van der Waals surface area (Å²) in [6.45, 7) is 1.12. The lowest BCUT2D eigenvalue weighted by Gasteiger charge is -2.23. The number of hydrogen-bond acceptors (Lipinski definition) is 4. The second-order valence-corrected chi connectivity index (χ2v) is 7.89. The molecule has 0 aliphatic carbocycles. The van der Waals surface area contributed by atoms with Gasteiger partial charge in [0.1, 0.15) is 11.4 Å². The molecule has 0 radical (unpaired) electrons. The van der Waals surface area contributed by atoms with Gasteiger partial charge >= 0.3 is 0 Å². The van der Waals surface area contributed by atoms with Gasteiger partial charge in [0.25, 0.3) is 0 Å². The highest BCUT2D eigenvalue weighted by Gasteiger charge is 2.66. The Kier molecular flexibility index (Phi) is 4.07. The summed E-state index contributed by atoms with van der Waals surface area (Å²) in [5, 5.41) is 3.50. The minimum absolute atomic E-state index is 0.0649. The molecule has 4 atom stereocenters. The Hall–Kier alpha value is -2.57. The van der Waals surface area contributed by atoms with Gasteiger partial charge in [-0.15, -0.1) is 0 Å². The van der Waals surface area contributed by atoms with Crippen LogP contribution in [0.15, 0.2) is 59.2 Å². The fourth-order valence-corrected chi connectivity index (χ4v) is 4.74. The van der Waals surface area contributed by atoms with Crippen LogP contribution in [0.1, 0.15) is 11.3 Å². The summed E-state index contributed by atoms with van der Waals surface area (Å²) >= 11 is 6.26. The van der Waals surface area contributed by atoms with E-state index in [-0.39, 0.29) is 24.5 Å². The van der Waals surface area contributed by atoms with Crippen LogP contribution in [0.25, 0.3) is 0 Å². The second kappa shape index (κ2) is 6.50. The SMILES string of the molecule is O=C(NCc1ccco1)C1C2C=CC3(CN(Cc4ccccc4Cl)C(=O)C13)O2. The first-order valence-corrected chi connectivity index (χ1v) is 9.65. The molecule has 4 unspecified atom stereocenters. The van der Waals surface area contributed by atoms with Gasteiger partial charge in [0.2, 0.25) is 11.8 Å². The molecule has 2 aromatic rings. The number of benzene rings is 1. The Morgan fingerprint density at radius 1 is 1.29 bits per heavy atom. The van der Waals surface area contributed by atoms with Crippen LogP contribution in [-0.4, -0.2) is 35.0 Å². The molecule has 4 heterocycles. The van der Waals surface area contributed by atoms with E-state index in [2.05, 4.69) is 5.32 Å². The fraction of sp³-hybridized carbons (Fsp3) is 0.333. The van der Waals surface area contributed by atoms with Crippen molar-refractivity contribution in [1.82, 2.24) is 10.2 Å². The summed E-state index contributed by atoms with van der Waals surface area (Å²) in [6, 6.07) is 11.0. The normalized spacial score (nSPS) is 30.1. The Morgan fingerprint density at radius 2 is 2.14 bits per heavy atom. The Labute approximate surface area is 167 Å². The monoisotopic (exact) mass is 398 g/mol. The number of carbonyl (C=O) groups excluding carboxylic acids is 2. The van der Waals surface area contributed by atoms with Crippen LogP contribution < -0.4 is 5.32 Å². The van der Waals surface area contributed by atoms with Crippen molar-refractivity contribution in [3.8, 4) is 0 Å². The van der Waals surface area contributed by atoms with Gasteiger partial charge in [-0.2, -0.15) is 0 Å². The maximum absolute atomic E-state index is 13.2. The molecular formula is C21H19ClN2O4. The number of halogens is 1. The molecule has 144 valence electrons. The average molecular weight is 399 g/mol. The highest BCUT2D eigenvalue weighted by Crippen LogP contribution is 2.52. The third-order valence-corrected chi connectivity index (χ3v) is 6.19. The number of furan rings is 1. The summed E-state index contributed by atoms with van der Waals surface area (Å²) in [7, 11) is 0. The minimum atomic E-state index is -0.726. The van der Waals surface area contributed by atoms with Gasteiger partial charge in [0.15, 0.2) is 0 Å². The summed E-state index contributed by atoms with van der Waals surface area (Å²) < 4.78 is 11.4. The molecule has 1 spiro atoms. The highest BCUT2D eigenvalue weighted by atomic mass is 35.5. The third-order valence-electron chi connectivity index (χ3n) is 5.82. The van der Waals surface area contributed by atoms with Crippen molar-refractivity contribution in [3.05, 3.63) is 71.2 Å². The summed E-state index contributed by atoms with van der Waals surface area (Å²) in [4.78, 5) is 27.8. The van der Waals surface area contributed by atoms with E-state index in [0.717, 1.165) is 5.56 Å². The van der Waals surface area contributed by atoms with Crippen molar-refractivity contribution >= 4 is 23.4 Å². The van der Waals surface area contributed by atoms with Crippen LogP contribution in [0.5, 0.6) is 0 Å². The molecule has 3 aliphatic heterocycles. The van der Waals surface area contributed by atoms with Gasteiger partial charge in [0.05, 0.1) is 37.3 Å². The molecular weight excluding hydrogens is 380 g/mol. The zero-order chi connectivity index (χ0) is 19.3. The largest absolute Gasteiger partial charge is 0.467 e. The van der Waals surface area contributed by atoms with E-state index in [4.69, 9.17) is 20.8 Å². The molecule has 6 nitrogen and oxygen atoms in total. The van der Waals surface area contributed by atoms with E-state index < -0.39 is 17.4 Å². The molecule has 1 N–H and O–H groups in total. The molecule has 2 fully saturated rings. The first-order chi connectivity index (χ1) is 13.6. The number of fused-ring (bicyclic) bond motifs is 1. The summed E-state index contributed by atoms with van der Waals surface area (Å²) in [6.07, 6.45) is 5.05. The van der Waals surface area contributed by atoms with Crippen molar-refractivity contribution in [2.75, 3.05) is 6.54 Å². The number of carbonyl (C=O) groups is 2. The van der Waals surface area contributed by atoms with Gasteiger partial charge in [-0.25, -0.2) is 0 Å². The van der Waals surface area contributed by atoms with E-state index in [0.29, 0.717) is 23.9 Å². The first kappa shape index (κ1) is 17.5. The number of amides is 2. The van der Waals surface area contributed by atoms with Crippen LogP contribution in [0.4, 0.5) is 0 Å². The molecule has 2 amide bonds. The number of rotatable bonds is 5. The molecule has 2 bridgehead atoms. The van der Waals surface area contributed by atoms with Crippen molar-refractivity contribution in [1.29, 1.82) is 0 Å². The Balaban J connectivity index is 1.35. The van der Waals surface area contributed by atoms with E-state index in [1.54, 1.807) is 23.3 Å². The lowest BCUT2D eigenvalue weighted by atomic mass is 9.77. The van der Waals surface area contributed by atoms with Crippen LogP contribution >= 0.6 is 11.6 Å². The molecule has 1 aromatic heterocycles. The lowest BCUT2D eigenvalue weighted by Crippen LogP contribution is -2.43. The van der Waals surface area contributed by atoms with Crippen LogP contribution in [0.3, 0.4) is 0 Å². The van der Waals surface area contributed by atoms with Gasteiger partial charge < -0.3 is 19.4 Å². The van der Waals surface area contributed by atoms with Crippen LogP contribution in [-0.2, 0) is 27.4 Å². The molecule has 3 aliphatic rings. The third kappa shape index (κ3) is 2.67. The van der Waals surface area contributed by atoms with Crippen LogP contribution in [0, 0.1) is 11.8 Å². The predicted octanol–water partition coefficient (Wildman–Crippen LogP) is 2.53. The maximum Gasteiger partial charge on any atom is 0.230 e. The van der Waals surface area contributed by atoms with E-state index in [1.165, 1.54) is 0 Å². The van der Waals surface area contributed by atoms with E-state index >= 15 is 0 Å². The number of nitrogens with zero attached hydrogens (tertiary/aromatic N) is 1. The minimum Gasteiger partial charge on any atom is -0.467 e. The number of ether oxygens (including phenoxy) is 1. The first-order valence-electron chi connectivity index (χ1n) is 9.27. The average Bonchev–Trinajstić information content (AvgIpc) is 3.45. The summed E-state index contributed by atoms with van der Waals surface area (Å²) in [5.41, 5.74) is 0.154. The molecule has 1 aromatic carbocycles. The fourth-order valence-electron chi connectivity index (χ4n) is 4.55. The topological polar surface area (TPSA) is 71.8 Å². The van der Waals surface area contributed by atoms with Crippen molar-refractivity contribution in [3.63, 3.8) is 0 Å². The maximum atomic E-state index is 13.2. The van der Waals surface area contributed by atoms with Gasteiger partial charge in [-0.05, 0) is 23.8 Å². The molecule has 2 saturated heterocycles. The zero-order valence-corrected chi connectivity index (χ0v) is 15.8. The quantitative estimate of drug-likeness (QED) is 0.785. The van der Waals surface area contributed by atoms with Gasteiger partial charge in [-0.1, -0.05) is 42.0 Å². The van der Waals surface area contributed by atoms with Gasteiger partial charge in [-0.3, -0.25) is 9.59 Å². The summed E-state index contributed by atoms with van der Waals surface area (Å²) in [5.74, 6) is -0.637. The van der Waals surface area contributed by atoms with Crippen molar-refractivity contribution in [2.45, 2.75) is 24.8 Å². The number of likely N-dealkylation sites (tertiary alicyclic amines) is 1. The van der Waals surface area contributed by atoms with E-state index in [1.807, 2.05) is 36.4 Å². The van der Waals surface area contributed by atoms with Crippen molar-refractivity contribution in [2.24, 2.45) is 11.8 Å². The smallest absolute Gasteiger partial charge is 0.230 e. The molecule has 0 saturated carbocycles. The predicted molar refractivity (Wildman–Crippen MR) is 101 cm³/mol. The number of nitrogens with one attached hydrogen (secondary N) is 1.